The van der Waals surface area contributed by atoms with Crippen molar-refractivity contribution in [3.63, 3.8) is 0 Å². The number of aliphatic carboxylic acids is 1. The summed E-state index contributed by atoms with van der Waals surface area (Å²) in [5.41, 5.74) is 2.56. The number of hydrogen-bond donors (Lipinski definition) is 2. The summed E-state index contributed by atoms with van der Waals surface area (Å²) in [6.07, 6.45) is 3.71. The van der Waals surface area contributed by atoms with Crippen LogP contribution in [0.2, 0.25) is 0 Å². The van der Waals surface area contributed by atoms with Gasteiger partial charge >= 0.3 is 12.0 Å². The zero-order valence-electron chi connectivity index (χ0n) is 19.4. The molecule has 9 heteroatoms. The van der Waals surface area contributed by atoms with E-state index in [4.69, 9.17) is 9.72 Å². The standard InChI is InChI=1S/C25H31FN4O4/c1-2-34-22-10-8-18(15-21(22)26)20(24(31)32)16-30-14-13-29(25(30)33)12-4-6-19-9-7-17-5-3-11-27-23(17)28-19/h7-10,15,20H,2-6,11-14,16H2,1H3,(H,27,28)(H,31,32)/t20-/m0/s1. The van der Waals surface area contributed by atoms with Crippen LogP contribution in [0.3, 0.4) is 0 Å². The molecule has 3 heterocycles. The van der Waals surface area contributed by atoms with E-state index in [9.17, 15) is 19.1 Å². The molecule has 0 spiro atoms. The molecule has 4 rings (SSSR count). The Kier molecular flexibility index (Phi) is 7.49. The van der Waals surface area contributed by atoms with Crippen molar-refractivity contribution in [1.29, 1.82) is 0 Å². The molecule has 0 unspecified atom stereocenters. The van der Waals surface area contributed by atoms with Gasteiger partial charge in [0, 0.05) is 38.4 Å². The lowest BCUT2D eigenvalue weighted by Gasteiger charge is -2.22. The first-order chi connectivity index (χ1) is 16.5. The van der Waals surface area contributed by atoms with Crippen molar-refractivity contribution < 1.29 is 23.8 Å². The molecule has 34 heavy (non-hydrogen) atoms. The Morgan fingerprint density at radius 3 is 2.85 bits per heavy atom. The zero-order valence-corrected chi connectivity index (χ0v) is 19.4. The van der Waals surface area contributed by atoms with Crippen LogP contribution in [0, 0.1) is 5.82 Å². The second-order valence-electron chi connectivity index (χ2n) is 8.67. The van der Waals surface area contributed by atoms with Crippen LogP contribution in [0.25, 0.3) is 0 Å². The number of amides is 2. The minimum Gasteiger partial charge on any atom is -0.491 e. The highest BCUT2D eigenvalue weighted by Gasteiger charge is 2.33. The predicted molar refractivity (Wildman–Crippen MR) is 126 cm³/mol. The average molecular weight is 471 g/mol. The summed E-state index contributed by atoms with van der Waals surface area (Å²) in [4.78, 5) is 32.8. The number of benzene rings is 1. The largest absolute Gasteiger partial charge is 0.491 e. The molecule has 0 saturated carbocycles. The van der Waals surface area contributed by atoms with Crippen molar-refractivity contribution in [2.24, 2.45) is 0 Å². The zero-order chi connectivity index (χ0) is 24.1. The summed E-state index contributed by atoms with van der Waals surface area (Å²) in [6.45, 7) is 4.58. The number of carbonyl (C=O) groups is 2. The summed E-state index contributed by atoms with van der Waals surface area (Å²) in [5, 5.41) is 13.1. The van der Waals surface area contributed by atoms with E-state index in [0.717, 1.165) is 43.7 Å². The van der Waals surface area contributed by atoms with E-state index in [1.807, 2.05) is 0 Å². The molecule has 1 atom stereocenters. The van der Waals surface area contributed by atoms with Gasteiger partial charge in [-0.3, -0.25) is 4.79 Å². The third kappa shape index (κ3) is 5.40. The van der Waals surface area contributed by atoms with Crippen LogP contribution in [0.5, 0.6) is 5.75 Å². The molecule has 2 aliphatic heterocycles. The van der Waals surface area contributed by atoms with Crippen molar-refractivity contribution in [3.05, 3.63) is 53.0 Å². The number of pyridine rings is 1. The molecule has 2 aromatic rings. The number of carboxylic acid groups (broad SMARTS) is 1. The number of carbonyl (C=O) groups excluding carboxylic acids is 1. The quantitative estimate of drug-likeness (QED) is 0.552. The highest BCUT2D eigenvalue weighted by molar-refractivity contribution is 5.80. The molecule has 0 radical (unpaired) electrons. The smallest absolute Gasteiger partial charge is 0.320 e. The Bertz CT molecular complexity index is 1050. The number of ether oxygens (including phenoxy) is 1. The van der Waals surface area contributed by atoms with Crippen molar-refractivity contribution >= 4 is 17.8 Å². The third-order valence-corrected chi connectivity index (χ3v) is 6.35. The lowest BCUT2D eigenvalue weighted by molar-refractivity contribution is -0.139. The Morgan fingerprint density at radius 1 is 1.26 bits per heavy atom. The Hall–Kier alpha value is -3.36. The van der Waals surface area contributed by atoms with E-state index in [0.29, 0.717) is 31.8 Å². The van der Waals surface area contributed by atoms with Gasteiger partial charge in [-0.05, 0) is 61.9 Å². The van der Waals surface area contributed by atoms with Crippen LogP contribution in [0.4, 0.5) is 15.0 Å². The van der Waals surface area contributed by atoms with Gasteiger partial charge in [0.2, 0.25) is 0 Å². The number of aromatic nitrogens is 1. The Balaban J connectivity index is 1.32. The van der Waals surface area contributed by atoms with Gasteiger partial charge in [0.25, 0.3) is 0 Å². The molecule has 1 aromatic carbocycles. The van der Waals surface area contributed by atoms with Crippen molar-refractivity contribution in [1.82, 2.24) is 14.8 Å². The van der Waals surface area contributed by atoms with Crippen LogP contribution in [-0.2, 0) is 17.6 Å². The lowest BCUT2D eigenvalue weighted by atomic mass is 9.98. The van der Waals surface area contributed by atoms with E-state index in [2.05, 4.69) is 17.4 Å². The van der Waals surface area contributed by atoms with Gasteiger partial charge in [-0.25, -0.2) is 14.2 Å². The van der Waals surface area contributed by atoms with E-state index >= 15 is 0 Å². The van der Waals surface area contributed by atoms with Gasteiger partial charge in [0.05, 0.1) is 12.5 Å². The average Bonchev–Trinajstić information content (AvgIpc) is 3.17. The van der Waals surface area contributed by atoms with Crippen LogP contribution in [0.15, 0.2) is 30.3 Å². The predicted octanol–water partition coefficient (Wildman–Crippen LogP) is 3.52. The number of aryl methyl sites for hydroxylation is 2. The number of rotatable bonds is 10. The van der Waals surface area contributed by atoms with Crippen LogP contribution < -0.4 is 10.1 Å². The monoisotopic (exact) mass is 470 g/mol. The SMILES string of the molecule is CCOc1ccc([C@H](CN2CCN(CCCc3ccc4c(n3)NCCC4)C2=O)C(=O)O)cc1F. The fraction of sp³-hybridized carbons (Fsp3) is 0.480. The molecule has 8 nitrogen and oxygen atoms in total. The number of nitrogens with one attached hydrogen (secondary N) is 1. The summed E-state index contributed by atoms with van der Waals surface area (Å²) >= 11 is 0. The van der Waals surface area contributed by atoms with E-state index in [1.54, 1.807) is 17.9 Å². The normalized spacial score (nSPS) is 16.2. The number of urea groups is 1. The maximum atomic E-state index is 14.3. The van der Waals surface area contributed by atoms with Crippen LogP contribution in [-0.4, -0.2) is 71.2 Å². The molecule has 2 amide bonds. The number of carboxylic acids is 1. The van der Waals surface area contributed by atoms with Crippen molar-refractivity contribution in [2.45, 2.75) is 38.5 Å². The van der Waals surface area contributed by atoms with E-state index < -0.39 is 17.7 Å². The van der Waals surface area contributed by atoms with Crippen LogP contribution >= 0.6 is 0 Å². The number of anilines is 1. The van der Waals surface area contributed by atoms with Gasteiger partial charge in [0.1, 0.15) is 5.82 Å². The highest BCUT2D eigenvalue weighted by Crippen LogP contribution is 2.26. The highest BCUT2D eigenvalue weighted by atomic mass is 19.1. The first-order valence-electron chi connectivity index (χ1n) is 11.9. The second-order valence-corrected chi connectivity index (χ2v) is 8.67. The molecule has 2 aliphatic rings. The van der Waals surface area contributed by atoms with Gasteiger partial charge in [0.15, 0.2) is 11.6 Å². The molecule has 182 valence electrons. The third-order valence-electron chi connectivity index (χ3n) is 6.35. The summed E-state index contributed by atoms with van der Waals surface area (Å²) < 4.78 is 19.5. The van der Waals surface area contributed by atoms with E-state index in [1.165, 1.54) is 22.6 Å². The number of nitrogens with zero attached hydrogens (tertiary/aromatic N) is 3. The first kappa shape index (κ1) is 23.8. The van der Waals surface area contributed by atoms with Gasteiger partial charge in [-0.15, -0.1) is 0 Å². The molecule has 1 fully saturated rings. The fourth-order valence-corrected chi connectivity index (χ4v) is 4.52. The maximum Gasteiger partial charge on any atom is 0.320 e. The van der Waals surface area contributed by atoms with Crippen LogP contribution in [0.1, 0.15) is 42.5 Å². The fourth-order valence-electron chi connectivity index (χ4n) is 4.52. The van der Waals surface area contributed by atoms with Crippen molar-refractivity contribution in [2.75, 3.05) is 44.6 Å². The number of hydrogen-bond acceptors (Lipinski definition) is 5. The van der Waals surface area contributed by atoms with Gasteiger partial charge in [-0.1, -0.05) is 12.1 Å². The molecule has 0 aliphatic carbocycles. The first-order valence-corrected chi connectivity index (χ1v) is 11.9. The second kappa shape index (κ2) is 10.7. The van der Waals surface area contributed by atoms with Gasteiger partial charge < -0.3 is 25.0 Å². The molecule has 2 N–H and O–H groups in total. The molecular weight excluding hydrogens is 439 g/mol. The molecule has 0 bridgehead atoms. The molecule has 1 saturated heterocycles. The topological polar surface area (TPSA) is 95.0 Å². The number of fused-ring (bicyclic) bond motifs is 1. The lowest BCUT2D eigenvalue weighted by Crippen LogP contribution is -2.36. The Labute approximate surface area is 198 Å². The van der Waals surface area contributed by atoms with Gasteiger partial charge in [-0.2, -0.15) is 0 Å². The minimum atomic E-state index is -1.10. The molecular formula is C25H31FN4O4. The van der Waals surface area contributed by atoms with Crippen molar-refractivity contribution in [3.8, 4) is 5.75 Å². The summed E-state index contributed by atoms with van der Waals surface area (Å²) in [6, 6.07) is 8.16. The van der Waals surface area contributed by atoms with E-state index in [-0.39, 0.29) is 18.3 Å². The summed E-state index contributed by atoms with van der Waals surface area (Å²) in [5.74, 6) is -1.66. The Morgan fingerprint density at radius 2 is 2.09 bits per heavy atom. The maximum absolute atomic E-state index is 14.3. The number of halogens is 1. The minimum absolute atomic E-state index is 0.00383. The summed E-state index contributed by atoms with van der Waals surface area (Å²) in [7, 11) is 0. The molecule has 1 aromatic heterocycles.